The van der Waals surface area contributed by atoms with Gasteiger partial charge in [0.25, 0.3) is 5.95 Å². The maximum Gasteiger partial charge on any atom is 0.250 e. The number of aromatic nitrogens is 3. The number of carboxylic acids is 1. The van der Waals surface area contributed by atoms with Gasteiger partial charge in [-0.1, -0.05) is 35.9 Å². The molecule has 2 N–H and O–H groups in total. The summed E-state index contributed by atoms with van der Waals surface area (Å²) >= 11 is 6.02. The number of hydrogen-bond donors (Lipinski definition) is 2. The van der Waals surface area contributed by atoms with Gasteiger partial charge in [0.1, 0.15) is 5.82 Å². The van der Waals surface area contributed by atoms with E-state index in [1.807, 2.05) is 24.3 Å². The first-order valence-corrected chi connectivity index (χ1v) is 10.5. The highest BCUT2D eigenvalue weighted by atomic mass is 35.5. The Morgan fingerprint density at radius 2 is 1.81 bits per heavy atom. The molecule has 2 aromatic carbocycles. The predicted octanol–water partition coefficient (Wildman–Crippen LogP) is 3.08. The number of nitrogens with one attached hydrogen (secondary N) is 2. The van der Waals surface area contributed by atoms with E-state index in [4.69, 9.17) is 11.6 Å². The van der Waals surface area contributed by atoms with Crippen LogP contribution in [0.4, 0.5) is 16.3 Å². The number of carbonyl (C=O) groups is 2. The molecule has 10 heteroatoms. The predicted molar refractivity (Wildman–Crippen MR) is 114 cm³/mol. The summed E-state index contributed by atoms with van der Waals surface area (Å²) in [4.78, 5) is 27.0. The number of hydrogen-bond acceptors (Lipinski definition) is 6. The van der Waals surface area contributed by atoms with Gasteiger partial charge in [-0.3, -0.25) is 10.1 Å². The molecule has 0 fully saturated rings. The lowest BCUT2D eigenvalue weighted by molar-refractivity contribution is -0.305. The summed E-state index contributed by atoms with van der Waals surface area (Å²) in [5.41, 5.74) is 1.86. The molecule has 2 heterocycles. The topological polar surface area (TPSA) is 112 Å². The average molecular weight is 457 g/mol. The summed E-state index contributed by atoms with van der Waals surface area (Å²) in [6.45, 7) is 0. The minimum Gasteiger partial charge on any atom is -0.550 e. The van der Waals surface area contributed by atoms with Crippen molar-refractivity contribution in [3.63, 3.8) is 0 Å². The molecular formula is C22H20ClFN5O3-. The Balaban J connectivity index is 1.59. The summed E-state index contributed by atoms with van der Waals surface area (Å²) in [5, 5.41) is 21.5. The van der Waals surface area contributed by atoms with Crippen molar-refractivity contribution in [1.82, 2.24) is 14.8 Å². The van der Waals surface area contributed by atoms with Crippen molar-refractivity contribution in [2.45, 2.75) is 37.8 Å². The molecule has 4 rings (SSSR count). The first-order chi connectivity index (χ1) is 15.4. The zero-order valence-corrected chi connectivity index (χ0v) is 17.7. The molecule has 0 saturated carbocycles. The average Bonchev–Trinajstić information content (AvgIpc) is 3.16. The molecule has 2 atom stereocenters. The number of fused-ring (bicyclic) bond motifs is 1. The summed E-state index contributed by atoms with van der Waals surface area (Å²) in [7, 11) is 0. The number of rotatable bonds is 7. The summed E-state index contributed by atoms with van der Waals surface area (Å²) < 4.78 is 15.1. The molecule has 166 valence electrons. The van der Waals surface area contributed by atoms with E-state index in [0.717, 1.165) is 11.1 Å². The number of halogens is 2. The van der Waals surface area contributed by atoms with Gasteiger partial charge in [-0.05, 0) is 54.7 Å². The van der Waals surface area contributed by atoms with Crippen molar-refractivity contribution >= 4 is 35.4 Å². The van der Waals surface area contributed by atoms with Gasteiger partial charge in [0, 0.05) is 17.4 Å². The van der Waals surface area contributed by atoms with Crippen LogP contribution in [0.3, 0.4) is 0 Å². The lowest BCUT2D eigenvalue weighted by atomic mass is 9.93. The molecule has 0 saturated heterocycles. The first kappa shape index (κ1) is 21.8. The van der Waals surface area contributed by atoms with Crippen LogP contribution in [-0.2, 0) is 9.59 Å². The number of carboxylic acid groups (broad SMARTS) is 1. The molecule has 1 aliphatic rings. The Bertz CT molecular complexity index is 1120. The summed E-state index contributed by atoms with van der Waals surface area (Å²) in [6, 6.07) is 13.3. The third kappa shape index (κ3) is 5.05. The van der Waals surface area contributed by atoms with Crippen molar-refractivity contribution in [2.24, 2.45) is 0 Å². The minimum absolute atomic E-state index is 0.0140. The molecule has 3 aromatic rings. The Kier molecular flexibility index (Phi) is 6.36. The zero-order valence-electron chi connectivity index (χ0n) is 16.9. The number of carbonyl (C=O) groups excluding carboxylic acids is 2. The van der Waals surface area contributed by atoms with E-state index in [-0.39, 0.29) is 49.0 Å². The highest BCUT2D eigenvalue weighted by Gasteiger charge is 2.31. The van der Waals surface area contributed by atoms with E-state index >= 15 is 0 Å². The van der Waals surface area contributed by atoms with Crippen LogP contribution in [0.25, 0.3) is 0 Å². The van der Waals surface area contributed by atoms with E-state index in [9.17, 15) is 19.1 Å². The van der Waals surface area contributed by atoms with Crippen molar-refractivity contribution in [3.05, 3.63) is 70.5 Å². The van der Waals surface area contributed by atoms with Crippen LogP contribution in [0.2, 0.25) is 5.02 Å². The maximum atomic E-state index is 13.5. The highest BCUT2D eigenvalue weighted by molar-refractivity contribution is 6.30. The van der Waals surface area contributed by atoms with E-state index in [0.29, 0.717) is 17.4 Å². The molecule has 0 spiro atoms. The Labute approximate surface area is 188 Å². The fourth-order valence-corrected chi connectivity index (χ4v) is 3.81. The zero-order chi connectivity index (χ0) is 22.7. The minimum atomic E-state index is -1.20. The van der Waals surface area contributed by atoms with Crippen molar-refractivity contribution in [2.75, 3.05) is 10.6 Å². The number of benzene rings is 2. The van der Waals surface area contributed by atoms with Crippen LogP contribution >= 0.6 is 11.6 Å². The van der Waals surface area contributed by atoms with Crippen LogP contribution < -0.4 is 15.7 Å². The summed E-state index contributed by atoms with van der Waals surface area (Å²) in [6.07, 6.45) is 0.594. The third-order valence-corrected chi connectivity index (χ3v) is 5.50. The second-order valence-electron chi connectivity index (χ2n) is 7.53. The molecule has 8 nitrogen and oxygen atoms in total. The Morgan fingerprint density at radius 3 is 2.50 bits per heavy atom. The van der Waals surface area contributed by atoms with Gasteiger partial charge in [0.2, 0.25) is 11.9 Å². The molecule has 0 radical (unpaired) electrons. The van der Waals surface area contributed by atoms with Crippen molar-refractivity contribution in [1.29, 1.82) is 0 Å². The molecule has 32 heavy (non-hydrogen) atoms. The lowest BCUT2D eigenvalue weighted by Gasteiger charge is -2.31. The lowest BCUT2D eigenvalue weighted by Crippen LogP contribution is -2.28. The van der Waals surface area contributed by atoms with Crippen LogP contribution in [-0.4, -0.2) is 26.6 Å². The molecule has 0 unspecified atom stereocenters. The monoisotopic (exact) mass is 456 g/mol. The van der Waals surface area contributed by atoms with Gasteiger partial charge in [0.15, 0.2) is 0 Å². The fraction of sp³-hybridized carbons (Fsp3) is 0.273. The van der Waals surface area contributed by atoms with Crippen molar-refractivity contribution < 1.29 is 19.1 Å². The van der Waals surface area contributed by atoms with E-state index in [1.54, 1.807) is 16.8 Å². The van der Waals surface area contributed by atoms with Gasteiger partial charge in [-0.15, -0.1) is 5.10 Å². The number of anilines is 2. The second-order valence-corrected chi connectivity index (χ2v) is 7.97. The van der Waals surface area contributed by atoms with Crippen LogP contribution in [0, 0.1) is 5.82 Å². The Hall–Kier alpha value is -3.46. The van der Waals surface area contributed by atoms with Gasteiger partial charge < -0.3 is 15.2 Å². The van der Waals surface area contributed by atoms with Crippen LogP contribution in [0.5, 0.6) is 0 Å². The van der Waals surface area contributed by atoms with Gasteiger partial charge in [-0.2, -0.15) is 4.98 Å². The van der Waals surface area contributed by atoms with Crippen LogP contribution in [0.1, 0.15) is 48.9 Å². The van der Waals surface area contributed by atoms with Crippen molar-refractivity contribution in [3.8, 4) is 0 Å². The normalized spacial score (nSPS) is 17.3. The third-order valence-electron chi connectivity index (χ3n) is 5.25. The molecular weight excluding hydrogens is 437 g/mol. The van der Waals surface area contributed by atoms with Gasteiger partial charge in [-0.25, -0.2) is 9.07 Å². The highest BCUT2D eigenvalue weighted by Crippen LogP contribution is 2.38. The van der Waals surface area contributed by atoms with Crippen LogP contribution in [0.15, 0.2) is 48.5 Å². The van der Waals surface area contributed by atoms with E-state index in [1.165, 1.54) is 12.1 Å². The molecule has 1 amide bonds. The number of aliphatic carboxylic acids is 1. The molecule has 0 bridgehead atoms. The van der Waals surface area contributed by atoms with Gasteiger partial charge in [0.05, 0.1) is 12.1 Å². The number of amides is 1. The fourth-order valence-electron chi connectivity index (χ4n) is 3.69. The maximum absolute atomic E-state index is 13.5. The van der Waals surface area contributed by atoms with E-state index in [2.05, 4.69) is 20.7 Å². The first-order valence-electron chi connectivity index (χ1n) is 10.1. The standard InChI is InChI=1S/C22H21ClFN5O3/c23-15-8-4-13(5-9-15)17-12-18(14-6-10-16(24)11-7-14)29-22(25-17)27-21(28-29)26-19(30)2-1-3-20(31)32/h4-11,17-18H,1-3,12H2,(H,31,32)(H2,25,26,27,28,30)/p-1/t17-,18+/m1/s1. The SMILES string of the molecule is O=C([O-])CCCC(=O)Nc1nc2n(n1)[C@H](c1ccc(F)cc1)C[C@H](c1ccc(Cl)cc1)N2. The largest absolute Gasteiger partial charge is 0.550 e. The molecule has 1 aliphatic heterocycles. The second kappa shape index (κ2) is 9.35. The van der Waals surface area contributed by atoms with E-state index < -0.39 is 5.97 Å². The Morgan fingerprint density at radius 1 is 1.12 bits per heavy atom. The molecule has 0 aliphatic carbocycles. The smallest absolute Gasteiger partial charge is 0.250 e. The number of nitrogens with zero attached hydrogens (tertiary/aromatic N) is 3. The quantitative estimate of drug-likeness (QED) is 0.565. The summed E-state index contributed by atoms with van der Waals surface area (Å²) in [5.74, 6) is -1.36. The van der Waals surface area contributed by atoms with Gasteiger partial charge >= 0.3 is 0 Å². The molecule has 1 aromatic heterocycles.